The Morgan fingerprint density at radius 1 is 0.950 bits per heavy atom. The summed E-state index contributed by atoms with van der Waals surface area (Å²) < 4.78 is 22.7. The maximum Gasteiger partial charge on any atom is 0.337 e. The molecule has 1 saturated carbocycles. The van der Waals surface area contributed by atoms with Gasteiger partial charge in [-0.25, -0.2) is 4.79 Å². The molecule has 8 nitrogen and oxygen atoms in total. The zero-order chi connectivity index (χ0) is 28.6. The molecule has 0 spiro atoms. The zero-order valence-electron chi connectivity index (χ0n) is 23.1. The van der Waals surface area contributed by atoms with Crippen LogP contribution in [0.4, 0.5) is 0 Å². The van der Waals surface area contributed by atoms with Crippen LogP contribution in [0.1, 0.15) is 68.4 Å². The Morgan fingerprint density at radius 2 is 1.62 bits per heavy atom. The standard InChI is InChI=1S/C31H34BrNO7/c1-16-27(31(36)40-20-7-5-6-8-20)28(19-11-21(32)30(35)26(15-19)39-4)29-22(33-16)12-18(13-23(29)34)17-9-10-24(37-2)25(14-17)38-3/h9-11,14-15,18,20,28,33,35H,5-8,12-13H2,1-4H3/t18-,28+/m1/s1. The molecule has 212 valence electrons. The molecule has 2 atom stereocenters. The lowest BCUT2D eigenvalue weighted by atomic mass is 9.71. The zero-order valence-corrected chi connectivity index (χ0v) is 24.7. The number of dihydropyridines is 1. The Labute approximate surface area is 242 Å². The molecule has 0 radical (unpaired) electrons. The third-order valence-electron chi connectivity index (χ3n) is 8.11. The van der Waals surface area contributed by atoms with Crippen molar-refractivity contribution in [2.45, 2.75) is 63.4 Å². The van der Waals surface area contributed by atoms with Crippen LogP contribution in [-0.4, -0.2) is 44.3 Å². The molecule has 0 unspecified atom stereocenters. The van der Waals surface area contributed by atoms with Crippen molar-refractivity contribution >= 4 is 27.7 Å². The number of halogens is 1. The number of phenols is 1. The van der Waals surface area contributed by atoms with Gasteiger partial charge in [0.15, 0.2) is 28.8 Å². The number of phenolic OH excluding ortho intramolecular Hbond substituents is 1. The number of methoxy groups -OCH3 is 3. The molecule has 0 bridgehead atoms. The summed E-state index contributed by atoms with van der Waals surface area (Å²) in [7, 11) is 4.64. The van der Waals surface area contributed by atoms with E-state index < -0.39 is 11.9 Å². The number of carbonyl (C=O) groups is 2. The summed E-state index contributed by atoms with van der Waals surface area (Å²) in [6.45, 7) is 1.85. The minimum absolute atomic E-state index is 0.0475. The number of allylic oxidation sites excluding steroid dienone is 3. The molecule has 1 aliphatic heterocycles. The first-order valence-corrected chi connectivity index (χ1v) is 14.3. The smallest absolute Gasteiger partial charge is 0.337 e. The lowest BCUT2D eigenvalue weighted by molar-refractivity contribution is -0.144. The number of aromatic hydroxyl groups is 1. The van der Waals surface area contributed by atoms with Crippen molar-refractivity contribution in [2.75, 3.05) is 21.3 Å². The predicted molar refractivity (Wildman–Crippen MR) is 153 cm³/mol. The number of Topliss-reactive ketones (excluding diaryl/α,β-unsaturated/α-hetero) is 1. The van der Waals surface area contributed by atoms with E-state index in [1.54, 1.807) is 26.4 Å². The van der Waals surface area contributed by atoms with Gasteiger partial charge in [0.2, 0.25) is 0 Å². The highest BCUT2D eigenvalue weighted by atomic mass is 79.9. The number of rotatable bonds is 7. The van der Waals surface area contributed by atoms with Crippen LogP contribution in [-0.2, 0) is 14.3 Å². The predicted octanol–water partition coefficient (Wildman–Crippen LogP) is 6.03. The van der Waals surface area contributed by atoms with Gasteiger partial charge < -0.3 is 29.4 Å². The Balaban J connectivity index is 1.58. The minimum atomic E-state index is -0.671. The van der Waals surface area contributed by atoms with E-state index in [0.29, 0.717) is 44.8 Å². The van der Waals surface area contributed by atoms with Gasteiger partial charge in [0.25, 0.3) is 0 Å². The van der Waals surface area contributed by atoms with E-state index in [2.05, 4.69) is 21.2 Å². The molecule has 3 aliphatic rings. The number of esters is 1. The summed E-state index contributed by atoms with van der Waals surface area (Å²) in [6, 6.07) is 9.15. The van der Waals surface area contributed by atoms with Crippen molar-refractivity contribution in [1.29, 1.82) is 0 Å². The van der Waals surface area contributed by atoms with Crippen molar-refractivity contribution in [3.63, 3.8) is 0 Å². The van der Waals surface area contributed by atoms with Gasteiger partial charge in [0.05, 0.1) is 31.4 Å². The average Bonchev–Trinajstić information content (AvgIpc) is 3.46. The third kappa shape index (κ3) is 5.19. The largest absolute Gasteiger partial charge is 0.503 e. The quantitative estimate of drug-likeness (QED) is 0.366. The monoisotopic (exact) mass is 611 g/mol. The number of benzene rings is 2. The normalized spacial score (nSPS) is 21.2. The van der Waals surface area contributed by atoms with Crippen LogP contribution in [0, 0.1) is 0 Å². The highest BCUT2D eigenvalue weighted by molar-refractivity contribution is 9.10. The van der Waals surface area contributed by atoms with E-state index >= 15 is 0 Å². The maximum atomic E-state index is 14.0. The van der Waals surface area contributed by atoms with Crippen LogP contribution in [0.25, 0.3) is 0 Å². The van der Waals surface area contributed by atoms with E-state index in [9.17, 15) is 14.7 Å². The lowest BCUT2D eigenvalue weighted by Gasteiger charge is -2.37. The van der Waals surface area contributed by atoms with Gasteiger partial charge in [-0.05, 0) is 96.3 Å². The van der Waals surface area contributed by atoms with E-state index in [4.69, 9.17) is 18.9 Å². The topological polar surface area (TPSA) is 103 Å². The summed E-state index contributed by atoms with van der Waals surface area (Å²) in [6.07, 6.45) is 4.47. The van der Waals surface area contributed by atoms with Crippen LogP contribution < -0.4 is 19.5 Å². The molecule has 2 aliphatic carbocycles. The summed E-state index contributed by atoms with van der Waals surface area (Å²) in [5, 5.41) is 13.9. The number of hydrogen-bond donors (Lipinski definition) is 2. The second kappa shape index (κ2) is 11.6. The summed E-state index contributed by atoms with van der Waals surface area (Å²) in [5.41, 5.74) is 4.00. The summed E-state index contributed by atoms with van der Waals surface area (Å²) >= 11 is 3.42. The maximum absolute atomic E-state index is 14.0. The van der Waals surface area contributed by atoms with Crippen molar-refractivity contribution in [1.82, 2.24) is 5.32 Å². The molecule has 5 rings (SSSR count). The van der Waals surface area contributed by atoms with E-state index in [-0.39, 0.29) is 35.7 Å². The molecule has 0 aromatic heterocycles. The van der Waals surface area contributed by atoms with Gasteiger partial charge >= 0.3 is 5.97 Å². The fourth-order valence-corrected chi connectivity index (χ4v) is 6.58. The van der Waals surface area contributed by atoms with Crippen molar-refractivity contribution in [3.05, 3.63) is 68.5 Å². The van der Waals surface area contributed by atoms with E-state index in [1.807, 2.05) is 25.1 Å². The van der Waals surface area contributed by atoms with Crippen molar-refractivity contribution in [3.8, 4) is 23.0 Å². The second-order valence-corrected chi connectivity index (χ2v) is 11.4. The number of hydrogen-bond acceptors (Lipinski definition) is 8. The Morgan fingerprint density at radius 3 is 2.30 bits per heavy atom. The molecule has 2 aromatic carbocycles. The molecule has 1 fully saturated rings. The van der Waals surface area contributed by atoms with Gasteiger partial charge in [-0.3, -0.25) is 4.79 Å². The Bertz CT molecular complexity index is 1410. The third-order valence-corrected chi connectivity index (χ3v) is 8.71. The van der Waals surface area contributed by atoms with Crippen LogP contribution in [0.3, 0.4) is 0 Å². The fraction of sp³-hybridized carbons (Fsp3) is 0.419. The fourth-order valence-electron chi connectivity index (χ4n) is 6.12. The van der Waals surface area contributed by atoms with Crippen LogP contribution in [0.2, 0.25) is 0 Å². The highest BCUT2D eigenvalue weighted by Gasteiger charge is 2.42. The molecule has 9 heteroatoms. The van der Waals surface area contributed by atoms with Gasteiger partial charge in [0.1, 0.15) is 6.10 Å². The Hall–Kier alpha value is -3.46. The highest BCUT2D eigenvalue weighted by Crippen LogP contribution is 2.49. The molecule has 2 aromatic rings. The summed E-state index contributed by atoms with van der Waals surface area (Å²) in [4.78, 5) is 27.7. The first-order valence-electron chi connectivity index (χ1n) is 13.5. The molecular weight excluding hydrogens is 578 g/mol. The van der Waals surface area contributed by atoms with Gasteiger partial charge in [-0.1, -0.05) is 6.07 Å². The number of nitrogens with one attached hydrogen (secondary N) is 1. The Kier molecular flexibility index (Phi) is 8.12. The molecule has 2 N–H and O–H groups in total. The first kappa shape index (κ1) is 28.1. The first-order chi connectivity index (χ1) is 19.2. The summed E-state index contributed by atoms with van der Waals surface area (Å²) in [5.74, 6) is 0.198. The van der Waals surface area contributed by atoms with Gasteiger partial charge in [0, 0.05) is 29.3 Å². The number of carbonyl (C=O) groups excluding carboxylic acids is 2. The average molecular weight is 613 g/mol. The van der Waals surface area contributed by atoms with Crippen LogP contribution in [0.15, 0.2) is 57.3 Å². The van der Waals surface area contributed by atoms with Crippen molar-refractivity contribution < 1.29 is 33.6 Å². The van der Waals surface area contributed by atoms with Gasteiger partial charge in [-0.15, -0.1) is 0 Å². The number of ketones is 1. The molecule has 0 saturated heterocycles. The SMILES string of the molecule is COc1ccc([C@H]2CC(=O)C3=C(C2)NC(C)=C(C(=O)OC2CCCC2)[C@@H]3c2cc(Br)c(O)c(OC)c2)cc1OC. The molecule has 0 amide bonds. The van der Waals surface area contributed by atoms with E-state index in [1.165, 1.54) is 7.11 Å². The van der Waals surface area contributed by atoms with Crippen LogP contribution >= 0.6 is 15.9 Å². The number of ether oxygens (including phenoxy) is 4. The van der Waals surface area contributed by atoms with E-state index in [0.717, 1.165) is 36.9 Å². The lowest BCUT2D eigenvalue weighted by Crippen LogP contribution is -2.36. The molecular formula is C31H34BrNO7. The molecule has 40 heavy (non-hydrogen) atoms. The van der Waals surface area contributed by atoms with Crippen molar-refractivity contribution in [2.24, 2.45) is 0 Å². The van der Waals surface area contributed by atoms with Crippen LogP contribution in [0.5, 0.6) is 23.0 Å². The molecule has 1 heterocycles. The second-order valence-electron chi connectivity index (χ2n) is 10.5. The minimum Gasteiger partial charge on any atom is -0.503 e. The van der Waals surface area contributed by atoms with Gasteiger partial charge in [-0.2, -0.15) is 0 Å².